The Balaban J connectivity index is 2.12. The first kappa shape index (κ1) is 14.3. The molecule has 2 rings (SSSR count). The number of carboxylic acids is 1. The lowest BCUT2D eigenvalue weighted by Crippen LogP contribution is -2.61. The van der Waals surface area contributed by atoms with Crippen molar-refractivity contribution in [1.29, 1.82) is 0 Å². The zero-order valence-electron chi connectivity index (χ0n) is 11.5. The number of hydrogen-bond donors (Lipinski definition) is 1. The van der Waals surface area contributed by atoms with Gasteiger partial charge in [0.25, 0.3) is 0 Å². The van der Waals surface area contributed by atoms with Crippen LogP contribution in [-0.2, 0) is 14.3 Å². The van der Waals surface area contributed by atoms with Crippen molar-refractivity contribution in [3.63, 3.8) is 0 Å². The number of likely N-dealkylation sites (tertiary alicyclic amines) is 1. The minimum absolute atomic E-state index is 0.00194. The summed E-state index contributed by atoms with van der Waals surface area (Å²) >= 11 is 0. The maximum Gasteiger partial charge on any atom is 0.328 e. The second-order valence-electron chi connectivity index (χ2n) is 5.55. The van der Waals surface area contributed by atoms with Crippen LogP contribution >= 0.6 is 0 Å². The van der Waals surface area contributed by atoms with Crippen molar-refractivity contribution in [3.05, 3.63) is 0 Å². The van der Waals surface area contributed by atoms with Crippen molar-refractivity contribution < 1.29 is 19.4 Å². The first-order chi connectivity index (χ1) is 9.00. The minimum atomic E-state index is -0.977. The van der Waals surface area contributed by atoms with E-state index in [4.69, 9.17) is 4.74 Å². The normalized spacial score (nSPS) is 29.8. The maximum atomic E-state index is 12.0. The molecule has 19 heavy (non-hydrogen) atoms. The molecule has 6 heteroatoms. The van der Waals surface area contributed by atoms with Gasteiger partial charge in [-0.3, -0.25) is 9.69 Å². The first-order valence-electron chi connectivity index (χ1n) is 6.86. The molecule has 0 aliphatic carbocycles. The highest BCUT2D eigenvalue weighted by Crippen LogP contribution is 2.22. The van der Waals surface area contributed by atoms with E-state index in [2.05, 4.69) is 18.7 Å². The largest absolute Gasteiger partial charge is 0.480 e. The number of carbonyl (C=O) groups excluding carboxylic acids is 1. The second kappa shape index (κ2) is 5.88. The summed E-state index contributed by atoms with van der Waals surface area (Å²) in [6, 6.07) is -0.422. The van der Waals surface area contributed by atoms with Crippen molar-refractivity contribution in [2.75, 3.05) is 26.3 Å². The summed E-state index contributed by atoms with van der Waals surface area (Å²) in [5.74, 6) is -1.18. The summed E-state index contributed by atoms with van der Waals surface area (Å²) in [4.78, 5) is 27.1. The summed E-state index contributed by atoms with van der Waals surface area (Å²) in [7, 11) is 0. The lowest BCUT2D eigenvalue weighted by Gasteiger charge is -2.44. The number of amides is 1. The number of carbonyl (C=O) groups is 2. The van der Waals surface area contributed by atoms with Gasteiger partial charge in [0.1, 0.15) is 6.61 Å². The molecule has 2 saturated heterocycles. The molecule has 0 aromatic carbocycles. The zero-order valence-corrected chi connectivity index (χ0v) is 11.5. The third-order valence-corrected chi connectivity index (χ3v) is 3.96. The number of nitrogens with zero attached hydrogens (tertiary/aromatic N) is 2. The van der Waals surface area contributed by atoms with Gasteiger partial charge in [0, 0.05) is 18.6 Å². The molecule has 0 radical (unpaired) electrons. The predicted molar refractivity (Wildman–Crippen MR) is 68.8 cm³/mol. The topological polar surface area (TPSA) is 70.1 Å². The summed E-state index contributed by atoms with van der Waals surface area (Å²) < 4.78 is 5.07. The highest BCUT2D eigenvalue weighted by molar-refractivity contribution is 5.85. The van der Waals surface area contributed by atoms with Crippen molar-refractivity contribution in [3.8, 4) is 0 Å². The summed E-state index contributed by atoms with van der Waals surface area (Å²) in [5, 5.41) is 9.24. The van der Waals surface area contributed by atoms with E-state index in [1.165, 1.54) is 0 Å². The second-order valence-corrected chi connectivity index (χ2v) is 5.55. The Bertz CT molecular complexity index is 359. The maximum absolute atomic E-state index is 12.0. The van der Waals surface area contributed by atoms with Gasteiger partial charge >= 0.3 is 5.97 Å². The molecular formula is C13H22N2O4. The Morgan fingerprint density at radius 3 is 2.84 bits per heavy atom. The van der Waals surface area contributed by atoms with Crippen LogP contribution in [0.25, 0.3) is 0 Å². The van der Waals surface area contributed by atoms with Gasteiger partial charge < -0.3 is 14.7 Å². The number of ether oxygens (including phenoxy) is 1. The highest BCUT2D eigenvalue weighted by atomic mass is 16.5. The fourth-order valence-electron chi connectivity index (χ4n) is 2.91. The predicted octanol–water partition coefficient (Wildman–Crippen LogP) is 0.171. The first-order valence-corrected chi connectivity index (χ1v) is 6.86. The quantitative estimate of drug-likeness (QED) is 0.791. The van der Waals surface area contributed by atoms with E-state index in [9.17, 15) is 14.7 Å². The highest BCUT2D eigenvalue weighted by Gasteiger charge is 2.40. The monoisotopic (exact) mass is 270 g/mol. The Kier molecular flexibility index (Phi) is 4.42. The fourth-order valence-corrected chi connectivity index (χ4v) is 2.91. The van der Waals surface area contributed by atoms with Gasteiger partial charge in [-0.25, -0.2) is 4.79 Å². The molecule has 2 heterocycles. The molecule has 2 aliphatic heterocycles. The average molecular weight is 270 g/mol. The molecule has 0 bridgehead atoms. The van der Waals surface area contributed by atoms with E-state index < -0.39 is 12.0 Å². The van der Waals surface area contributed by atoms with E-state index in [-0.39, 0.29) is 25.2 Å². The van der Waals surface area contributed by atoms with Gasteiger partial charge in [-0.05, 0) is 33.2 Å². The van der Waals surface area contributed by atoms with Crippen LogP contribution in [0.15, 0.2) is 0 Å². The van der Waals surface area contributed by atoms with Gasteiger partial charge in [0.2, 0.25) is 5.91 Å². The van der Waals surface area contributed by atoms with Gasteiger partial charge in [0.05, 0.1) is 6.61 Å². The van der Waals surface area contributed by atoms with Gasteiger partial charge in [-0.15, -0.1) is 0 Å². The van der Waals surface area contributed by atoms with Crippen LogP contribution in [0.4, 0.5) is 0 Å². The van der Waals surface area contributed by atoms with Gasteiger partial charge in [0.15, 0.2) is 6.04 Å². The smallest absolute Gasteiger partial charge is 0.328 e. The number of carboxylic acid groups (broad SMARTS) is 1. The van der Waals surface area contributed by atoms with Crippen LogP contribution in [0.2, 0.25) is 0 Å². The van der Waals surface area contributed by atoms with Crippen molar-refractivity contribution >= 4 is 11.9 Å². The van der Waals surface area contributed by atoms with Crippen LogP contribution in [0.3, 0.4) is 0 Å². The van der Waals surface area contributed by atoms with E-state index in [1.807, 2.05) is 0 Å². The molecule has 1 amide bonds. The Morgan fingerprint density at radius 2 is 2.21 bits per heavy atom. The molecular weight excluding hydrogens is 248 g/mol. The van der Waals surface area contributed by atoms with Crippen molar-refractivity contribution in [2.45, 2.75) is 44.8 Å². The molecule has 2 fully saturated rings. The Labute approximate surface area is 113 Å². The van der Waals surface area contributed by atoms with Crippen molar-refractivity contribution in [1.82, 2.24) is 9.80 Å². The van der Waals surface area contributed by atoms with E-state index >= 15 is 0 Å². The third kappa shape index (κ3) is 3.06. The van der Waals surface area contributed by atoms with E-state index in [0.717, 1.165) is 25.9 Å². The summed E-state index contributed by atoms with van der Waals surface area (Å²) in [6.45, 7) is 6.12. The van der Waals surface area contributed by atoms with Crippen molar-refractivity contribution in [2.24, 2.45) is 0 Å². The minimum Gasteiger partial charge on any atom is -0.480 e. The number of piperidine rings is 1. The number of hydrogen-bond acceptors (Lipinski definition) is 4. The zero-order chi connectivity index (χ0) is 14.0. The fraction of sp³-hybridized carbons (Fsp3) is 0.846. The van der Waals surface area contributed by atoms with Gasteiger partial charge in [-0.1, -0.05) is 0 Å². The standard InChI is InChI=1S/C13H22N2O4/c1-9(2)14-5-3-4-10(6-14)15-11(13(17)18)7-19-8-12(15)16/h9-11H,3-8H2,1-2H3,(H,17,18). The van der Waals surface area contributed by atoms with Crippen LogP contribution < -0.4 is 0 Å². The molecule has 108 valence electrons. The van der Waals surface area contributed by atoms with E-state index in [1.54, 1.807) is 4.90 Å². The SMILES string of the molecule is CC(C)N1CCCC(N2C(=O)COCC2C(=O)O)C1. The molecule has 6 nitrogen and oxygen atoms in total. The lowest BCUT2D eigenvalue weighted by atomic mass is 10.00. The molecule has 2 aliphatic rings. The lowest BCUT2D eigenvalue weighted by molar-refractivity contribution is -0.167. The molecule has 0 spiro atoms. The average Bonchev–Trinajstić information content (AvgIpc) is 2.38. The van der Waals surface area contributed by atoms with Crippen LogP contribution in [0.1, 0.15) is 26.7 Å². The Hall–Kier alpha value is -1.14. The summed E-state index contributed by atoms with van der Waals surface area (Å²) in [5.41, 5.74) is 0. The molecule has 1 N–H and O–H groups in total. The molecule has 0 saturated carbocycles. The molecule has 2 atom stereocenters. The van der Waals surface area contributed by atoms with E-state index in [0.29, 0.717) is 6.04 Å². The molecule has 2 unspecified atom stereocenters. The number of aliphatic carboxylic acids is 1. The van der Waals surface area contributed by atoms with Crippen LogP contribution in [0.5, 0.6) is 0 Å². The number of rotatable bonds is 3. The molecule has 0 aromatic heterocycles. The van der Waals surface area contributed by atoms with Gasteiger partial charge in [-0.2, -0.15) is 0 Å². The van der Waals surface area contributed by atoms with Crippen LogP contribution in [0, 0.1) is 0 Å². The third-order valence-electron chi connectivity index (χ3n) is 3.96. The number of morpholine rings is 1. The Morgan fingerprint density at radius 1 is 1.47 bits per heavy atom. The summed E-state index contributed by atoms with van der Waals surface area (Å²) in [6.07, 6.45) is 1.87. The van der Waals surface area contributed by atoms with Crippen LogP contribution in [-0.4, -0.2) is 71.2 Å². The molecule has 0 aromatic rings.